The highest BCUT2D eigenvalue weighted by atomic mass is 32.2. The van der Waals surface area contributed by atoms with Gasteiger partial charge >= 0.3 is 5.97 Å². The van der Waals surface area contributed by atoms with Gasteiger partial charge in [-0.2, -0.15) is 0 Å². The molecule has 0 atom stereocenters. The van der Waals surface area contributed by atoms with Crippen LogP contribution in [0.5, 0.6) is 0 Å². The minimum atomic E-state index is -1.01. The molecule has 0 aliphatic heterocycles. The van der Waals surface area contributed by atoms with E-state index in [0.29, 0.717) is 5.01 Å². The number of hydrogen-bond acceptors (Lipinski definition) is 6. The topological polar surface area (TPSA) is 78.0 Å². The van der Waals surface area contributed by atoms with E-state index in [0.717, 1.165) is 22.3 Å². The molecule has 4 aromatic rings. The van der Waals surface area contributed by atoms with Crippen molar-refractivity contribution in [3.8, 4) is 10.7 Å². The van der Waals surface area contributed by atoms with Gasteiger partial charge in [0.05, 0.1) is 21.1 Å². The monoisotopic (exact) mass is 373 g/mol. The molecule has 0 bridgehead atoms. The Hall–Kier alpha value is -2.29. The molecule has 8 heteroatoms. The van der Waals surface area contributed by atoms with E-state index in [1.54, 1.807) is 28.7 Å². The number of nitrogens with zero attached hydrogens (tertiary/aromatic N) is 1. The molecule has 1 aromatic carbocycles. The van der Waals surface area contributed by atoms with Crippen LogP contribution in [0.1, 0.15) is 10.5 Å². The maximum atomic E-state index is 11.0. The number of thiophene rings is 1. The van der Waals surface area contributed by atoms with E-state index in [2.05, 4.69) is 20.8 Å². The van der Waals surface area contributed by atoms with Gasteiger partial charge in [-0.05, 0) is 35.5 Å². The van der Waals surface area contributed by atoms with Crippen molar-refractivity contribution in [3.63, 3.8) is 0 Å². The van der Waals surface area contributed by atoms with E-state index in [9.17, 15) is 4.79 Å². The van der Waals surface area contributed by atoms with E-state index >= 15 is 0 Å². The van der Waals surface area contributed by atoms with E-state index in [-0.39, 0.29) is 5.69 Å². The Bertz CT molecular complexity index is 1000. The van der Waals surface area contributed by atoms with Crippen molar-refractivity contribution in [3.05, 3.63) is 52.9 Å². The van der Waals surface area contributed by atoms with Crippen molar-refractivity contribution in [2.45, 2.75) is 4.21 Å². The van der Waals surface area contributed by atoms with Crippen LogP contribution in [0.15, 0.2) is 51.4 Å². The summed E-state index contributed by atoms with van der Waals surface area (Å²) >= 11 is 4.56. The molecule has 0 saturated carbocycles. The highest BCUT2D eigenvalue weighted by Crippen LogP contribution is 2.33. The highest BCUT2D eigenvalue weighted by Gasteiger charge is 2.13. The Morgan fingerprint density at radius 1 is 1.25 bits per heavy atom. The lowest BCUT2D eigenvalue weighted by molar-refractivity contribution is 0.0691. The number of aromatic carboxylic acids is 1. The number of aromatic nitrogens is 2. The first kappa shape index (κ1) is 15.3. The van der Waals surface area contributed by atoms with Crippen LogP contribution < -0.4 is 4.72 Å². The quantitative estimate of drug-likeness (QED) is 0.421. The molecule has 3 heterocycles. The van der Waals surface area contributed by atoms with Gasteiger partial charge in [0, 0.05) is 10.8 Å². The number of fused-ring (bicyclic) bond motifs is 1. The third kappa shape index (κ3) is 2.91. The second kappa shape index (κ2) is 6.31. The number of rotatable bonds is 5. The van der Waals surface area contributed by atoms with Gasteiger partial charge in [-0.15, -0.1) is 22.7 Å². The van der Waals surface area contributed by atoms with Crippen molar-refractivity contribution >= 4 is 57.2 Å². The zero-order valence-corrected chi connectivity index (χ0v) is 14.6. The maximum absolute atomic E-state index is 11.0. The second-order valence-electron chi connectivity index (χ2n) is 4.93. The Labute approximate surface area is 149 Å². The van der Waals surface area contributed by atoms with Crippen molar-refractivity contribution in [1.29, 1.82) is 0 Å². The summed E-state index contributed by atoms with van der Waals surface area (Å²) in [6.45, 7) is 0. The molecule has 0 aliphatic rings. The van der Waals surface area contributed by atoms with Crippen LogP contribution in [-0.4, -0.2) is 21.0 Å². The molecule has 24 heavy (non-hydrogen) atoms. The van der Waals surface area contributed by atoms with Crippen LogP contribution in [0.3, 0.4) is 0 Å². The first-order valence-corrected chi connectivity index (χ1v) is 9.55. The average molecular weight is 373 g/mol. The molecule has 4 rings (SSSR count). The van der Waals surface area contributed by atoms with Crippen LogP contribution in [0.4, 0.5) is 5.69 Å². The zero-order chi connectivity index (χ0) is 16.5. The minimum Gasteiger partial charge on any atom is -0.476 e. The summed E-state index contributed by atoms with van der Waals surface area (Å²) < 4.78 is 4.55. The van der Waals surface area contributed by atoms with Crippen molar-refractivity contribution in [2.75, 3.05) is 4.72 Å². The molecule has 0 spiro atoms. The molecule has 3 aromatic heterocycles. The fourth-order valence-corrected chi connectivity index (χ4v) is 4.50. The van der Waals surface area contributed by atoms with Gasteiger partial charge in [-0.3, -0.25) is 0 Å². The summed E-state index contributed by atoms with van der Waals surface area (Å²) in [7, 11) is 0. The number of anilines is 1. The molecule has 5 nitrogen and oxygen atoms in total. The summed E-state index contributed by atoms with van der Waals surface area (Å²) in [6, 6.07) is 12.1. The van der Waals surface area contributed by atoms with E-state index in [1.165, 1.54) is 15.5 Å². The predicted molar refractivity (Wildman–Crippen MR) is 100 cm³/mol. The van der Waals surface area contributed by atoms with Gasteiger partial charge in [0.15, 0.2) is 5.69 Å². The fraction of sp³-hybridized carbons (Fsp3) is 0. The van der Waals surface area contributed by atoms with Crippen LogP contribution >= 0.6 is 34.6 Å². The molecule has 0 saturated heterocycles. The van der Waals surface area contributed by atoms with Gasteiger partial charge in [0.2, 0.25) is 0 Å². The first-order chi connectivity index (χ1) is 11.7. The summed E-state index contributed by atoms with van der Waals surface area (Å²) in [4.78, 5) is 18.5. The summed E-state index contributed by atoms with van der Waals surface area (Å²) in [5.41, 5.74) is 2.84. The van der Waals surface area contributed by atoms with Crippen molar-refractivity contribution < 1.29 is 9.90 Å². The van der Waals surface area contributed by atoms with Crippen LogP contribution in [0.25, 0.3) is 21.6 Å². The number of H-pyrrole nitrogens is 1. The van der Waals surface area contributed by atoms with Crippen molar-refractivity contribution in [2.24, 2.45) is 0 Å². The summed E-state index contributed by atoms with van der Waals surface area (Å²) in [6.07, 6.45) is 0. The second-order valence-corrected chi connectivity index (χ2v) is 7.84. The molecular weight excluding hydrogens is 362 g/mol. The number of carbonyl (C=O) groups is 1. The van der Waals surface area contributed by atoms with Gasteiger partial charge in [0.25, 0.3) is 0 Å². The standard InChI is InChI=1S/C16H11N3O2S3/c20-16(21)12-8-23-15(18-12)11-7-9-3-1-4-10(14(9)17-11)19-24-13-5-2-6-22-13/h1-8,17,19H,(H,20,21). The average Bonchev–Trinajstić information content (AvgIpc) is 3.30. The number of carboxylic acid groups (broad SMARTS) is 1. The lowest BCUT2D eigenvalue weighted by Gasteiger charge is -2.04. The van der Waals surface area contributed by atoms with Gasteiger partial charge in [-0.1, -0.05) is 18.2 Å². The number of nitrogens with one attached hydrogen (secondary N) is 2. The zero-order valence-electron chi connectivity index (χ0n) is 12.1. The molecule has 0 radical (unpaired) electrons. The smallest absolute Gasteiger partial charge is 0.355 e. The van der Waals surface area contributed by atoms with E-state index in [4.69, 9.17) is 5.11 Å². The Morgan fingerprint density at radius 2 is 2.17 bits per heavy atom. The molecule has 120 valence electrons. The molecule has 0 fully saturated rings. The summed E-state index contributed by atoms with van der Waals surface area (Å²) in [5.74, 6) is -1.01. The van der Waals surface area contributed by atoms with Crippen LogP contribution in [0, 0.1) is 0 Å². The number of thiazole rings is 1. The Balaban J connectivity index is 1.67. The highest BCUT2D eigenvalue weighted by molar-refractivity contribution is 8.02. The first-order valence-electron chi connectivity index (χ1n) is 6.98. The number of hydrogen-bond donors (Lipinski definition) is 3. The lowest BCUT2D eigenvalue weighted by atomic mass is 10.2. The van der Waals surface area contributed by atoms with E-state index in [1.807, 2.05) is 35.7 Å². The fourth-order valence-electron chi connectivity index (χ4n) is 2.28. The molecule has 0 amide bonds. The molecule has 0 unspecified atom stereocenters. The van der Waals surface area contributed by atoms with Crippen LogP contribution in [-0.2, 0) is 0 Å². The number of carboxylic acids is 1. The lowest BCUT2D eigenvalue weighted by Crippen LogP contribution is -1.95. The summed E-state index contributed by atoms with van der Waals surface area (Å²) in [5, 5.41) is 14.3. The van der Waals surface area contributed by atoms with Gasteiger partial charge in [0.1, 0.15) is 5.01 Å². The SMILES string of the molecule is O=C(O)c1csc(-c2cc3cccc(NSc4cccs4)c3[nH]2)n1. The Kier molecular flexibility index (Phi) is 4.01. The predicted octanol–water partition coefficient (Wildman–Crippen LogP) is 5.17. The number of aromatic amines is 1. The number of benzene rings is 1. The third-order valence-corrected chi connectivity index (χ3v) is 6.10. The maximum Gasteiger partial charge on any atom is 0.355 e. The van der Waals surface area contributed by atoms with Gasteiger partial charge in [-0.25, -0.2) is 9.78 Å². The van der Waals surface area contributed by atoms with Crippen LogP contribution in [0.2, 0.25) is 0 Å². The van der Waals surface area contributed by atoms with Gasteiger partial charge < -0.3 is 14.8 Å². The molecular formula is C16H11N3O2S3. The number of para-hydroxylation sites is 1. The van der Waals surface area contributed by atoms with E-state index < -0.39 is 5.97 Å². The normalized spacial score (nSPS) is 11.0. The Morgan fingerprint density at radius 3 is 2.92 bits per heavy atom. The molecule has 0 aliphatic carbocycles. The largest absolute Gasteiger partial charge is 0.476 e. The third-order valence-electron chi connectivity index (χ3n) is 3.37. The minimum absolute atomic E-state index is 0.0697. The van der Waals surface area contributed by atoms with Crippen molar-refractivity contribution in [1.82, 2.24) is 9.97 Å². The molecule has 3 N–H and O–H groups in total.